The van der Waals surface area contributed by atoms with Gasteiger partial charge in [-0.05, 0) is 36.6 Å². The Balaban J connectivity index is 1.76. The van der Waals surface area contributed by atoms with E-state index in [1.54, 1.807) is 12.1 Å². The Morgan fingerprint density at radius 3 is 2.60 bits per heavy atom. The largest absolute Gasteiger partial charge is 0.494 e. The van der Waals surface area contributed by atoms with E-state index in [1.807, 2.05) is 6.07 Å². The van der Waals surface area contributed by atoms with Crippen LogP contribution in [0.3, 0.4) is 0 Å². The number of primary amides is 2. The summed E-state index contributed by atoms with van der Waals surface area (Å²) < 4.78 is 5.57. The van der Waals surface area contributed by atoms with Crippen molar-refractivity contribution in [3.8, 4) is 5.75 Å². The molecule has 0 saturated carbocycles. The van der Waals surface area contributed by atoms with E-state index in [2.05, 4.69) is 10.6 Å². The minimum absolute atomic E-state index is 0.00240. The van der Waals surface area contributed by atoms with Gasteiger partial charge in [-0.1, -0.05) is 0 Å². The van der Waals surface area contributed by atoms with Gasteiger partial charge in [0.15, 0.2) is 6.04 Å². The summed E-state index contributed by atoms with van der Waals surface area (Å²) in [5.74, 6) is -1.88. The minimum atomic E-state index is -1.51. The lowest BCUT2D eigenvalue weighted by molar-refractivity contribution is -0.134. The van der Waals surface area contributed by atoms with Gasteiger partial charge in [0.25, 0.3) is 0 Å². The first-order chi connectivity index (χ1) is 11.9. The summed E-state index contributed by atoms with van der Waals surface area (Å²) in [5.41, 5.74) is 11.7. The second-order valence-electron chi connectivity index (χ2n) is 5.62. The molecule has 1 aromatic carbocycles. The number of aryl methyl sites for hydroxylation is 1. The fourth-order valence-corrected chi connectivity index (χ4v) is 2.39. The average molecular weight is 348 g/mol. The molecule has 0 bridgehead atoms. The third kappa shape index (κ3) is 5.20. The molecule has 4 amide bonds. The molecule has 0 aromatic heterocycles. The lowest BCUT2D eigenvalue weighted by Crippen LogP contribution is -2.52. The average Bonchev–Trinajstić information content (AvgIpc) is 2.56. The van der Waals surface area contributed by atoms with E-state index in [4.69, 9.17) is 16.2 Å². The highest BCUT2D eigenvalue weighted by molar-refractivity contribution is 6.05. The number of carbonyl (C=O) groups is 4. The van der Waals surface area contributed by atoms with Crippen LogP contribution < -0.4 is 26.8 Å². The Morgan fingerprint density at radius 2 is 1.92 bits per heavy atom. The van der Waals surface area contributed by atoms with Crippen LogP contribution >= 0.6 is 0 Å². The molecule has 0 unspecified atom stereocenters. The fraction of sp³-hybridized carbons (Fsp3) is 0.375. The third-order valence-electron chi connectivity index (χ3n) is 3.66. The Morgan fingerprint density at radius 1 is 1.20 bits per heavy atom. The second kappa shape index (κ2) is 8.13. The fourth-order valence-electron chi connectivity index (χ4n) is 2.39. The summed E-state index contributed by atoms with van der Waals surface area (Å²) in [4.78, 5) is 45.0. The predicted octanol–water partition coefficient (Wildman–Crippen LogP) is -0.814. The number of hydrogen-bond donors (Lipinski definition) is 4. The van der Waals surface area contributed by atoms with Crippen LogP contribution in [0.2, 0.25) is 0 Å². The Kier molecular flexibility index (Phi) is 5.93. The molecule has 9 heteroatoms. The van der Waals surface area contributed by atoms with E-state index < -0.39 is 23.8 Å². The molecule has 1 aliphatic rings. The van der Waals surface area contributed by atoms with E-state index in [1.165, 1.54) is 0 Å². The van der Waals surface area contributed by atoms with Gasteiger partial charge in [0.1, 0.15) is 5.75 Å². The topological polar surface area (TPSA) is 154 Å². The molecule has 0 aliphatic carbocycles. The molecule has 134 valence electrons. The third-order valence-corrected chi connectivity index (χ3v) is 3.66. The van der Waals surface area contributed by atoms with Crippen molar-refractivity contribution < 1.29 is 23.9 Å². The van der Waals surface area contributed by atoms with Crippen LogP contribution in [-0.2, 0) is 25.6 Å². The highest BCUT2D eigenvalue weighted by atomic mass is 16.5. The number of fused-ring (bicyclic) bond motifs is 1. The second-order valence-corrected chi connectivity index (χ2v) is 5.62. The molecule has 0 radical (unpaired) electrons. The summed E-state index contributed by atoms with van der Waals surface area (Å²) in [7, 11) is 0. The van der Waals surface area contributed by atoms with Gasteiger partial charge in [-0.2, -0.15) is 0 Å². The van der Waals surface area contributed by atoms with E-state index in [0.29, 0.717) is 25.0 Å². The summed E-state index contributed by atoms with van der Waals surface area (Å²) in [6, 6.07) is 3.86. The van der Waals surface area contributed by atoms with Gasteiger partial charge >= 0.3 is 0 Å². The Hall–Kier alpha value is -3.10. The van der Waals surface area contributed by atoms with Gasteiger partial charge in [-0.3, -0.25) is 19.2 Å². The van der Waals surface area contributed by atoms with Crippen LogP contribution in [0.5, 0.6) is 5.75 Å². The van der Waals surface area contributed by atoms with Crippen LogP contribution in [0.25, 0.3) is 0 Å². The quantitative estimate of drug-likeness (QED) is 0.357. The zero-order valence-corrected chi connectivity index (χ0v) is 13.5. The molecule has 1 heterocycles. The van der Waals surface area contributed by atoms with Gasteiger partial charge in [0.05, 0.1) is 6.61 Å². The maximum atomic E-state index is 11.7. The maximum Gasteiger partial charge on any atom is 0.249 e. The number of nitrogens with one attached hydrogen (secondary N) is 2. The van der Waals surface area contributed by atoms with Crippen molar-refractivity contribution >= 4 is 29.3 Å². The number of nitrogens with two attached hydrogens (primary N) is 2. The van der Waals surface area contributed by atoms with Crippen molar-refractivity contribution in [3.63, 3.8) is 0 Å². The Labute approximate surface area is 144 Å². The van der Waals surface area contributed by atoms with Crippen molar-refractivity contribution in [2.24, 2.45) is 11.5 Å². The van der Waals surface area contributed by atoms with Gasteiger partial charge < -0.3 is 26.8 Å². The minimum Gasteiger partial charge on any atom is -0.494 e. The number of amides is 4. The van der Waals surface area contributed by atoms with Gasteiger partial charge in [0.2, 0.25) is 23.6 Å². The summed E-state index contributed by atoms with van der Waals surface area (Å²) in [5, 5.41) is 4.96. The Bertz CT molecular complexity index is 690. The lowest BCUT2D eigenvalue weighted by atomic mass is 10.0. The van der Waals surface area contributed by atoms with E-state index >= 15 is 0 Å². The standard InChI is InChI=1S/C16H20N4O5/c17-15(23)14(16(18)24)20-12(21)2-1-7-25-10-4-5-11-9(8-10)3-6-13(22)19-11/h4-5,8,14H,1-3,6-7H2,(H2,17,23)(H2,18,24)(H,19,22)(H,20,21). The molecule has 0 saturated heterocycles. The molecular weight excluding hydrogens is 328 g/mol. The molecule has 0 spiro atoms. The van der Waals surface area contributed by atoms with Gasteiger partial charge in [0, 0.05) is 18.5 Å². The normalized spacial score (nSPS) is 12.9. The summed E-state index contributed by atoms with van der Waals surface area (Å²) in [6.45, 7) is 0.274. The number of ether oxygens (including phenoxy) is 1. The van der Waals surface area contributed by atoms with Crippen molar-refractivity contribution in [3.05, 3.63) is 23.8 Å². The smallest absolute Gasteiger partial charge is 0.249 e. The highest BCUT2D eigenvalue weighted by Gasteiger charge is 2.23. The summed E-state index contributed by atoms with van der Waals surface area (Å²) in [6.07, 6.45) is 1.53. The molecule has 6 N–H and O–H groups in total. The zero-order chi connectivity index (χ0) is 18.4. The molecule has 9 nitrogen and oxygen atoms in total. The van der Waals surface area contributed by atoms with Crippen LogP contribution in [0.15, 0.2) is 18.2 Å². The predicted molar refractivity (Wildman–Crippen MR) is 88.4 cm³/mol. The molecule has 2 rings (SSSR count). The number of hydrogen-bond acceptors (Lipinski definition) is 5. The van der Waals surface area contributed by atoms with Crippen molar-refractivity contribution in [2.75, 3.05) is 11.9 Å². The number of benzene rings is 1. The number of anilines is 1. The molecule has 0 atom stereocenters. The van der Waals surface area contributed by atoms with Crippen LogP contribution in [0.4, 0.5) is 5.69 Å². The van der Waals surface area contributed by atoms with Gasteiger partial charge in [-0.15, -0.1) is 0 Å². The van der Waals surface area contributed by atoms with E-state index in [-0.39, 0.29) is 18.9 Å². The maximum absolute atomic E-state index is 11.7. The van der Waals surface area contributed by atoms with E-state index in [9.17, 15) is 19.2 Å². The van der Waals surface area contributed by atoms with Crippen LogP contribution in [0, 0.1) is 0 Å². The highest BCUT2D eigenvalue weighted by Crippen LogP contribution is 2.26. The summed E-state index contributed by atoms with van der Waals surface area (Å²) >= 11 is 0. The molecule has 0 fully saturated rings. The molecular formula is C16H20N4O5. The van der Waals surface area contributed by atoms with Gasteiger partial charge in [-0.25, -0.2) is 0 Å². The van der Waals surface area contributed by atoms with E-state index in [0.717, 1.165) is 11.3 Å². The van der Waals surface area contributed by atoms with Crippen LogP contribution in [-0.4, -0.2) is 36.3 Å². The first-order valence-corrected chi connectivity index (χ1v) is 7.80. The first kappa shape index (κ1) is 18.2. The zero-order valence-electron chi connectivity index (χ0n) is 13.5. The van der Waals surface area contributed by atoms with Crippen LogP contribution in [0.1, 0.15) is 24.8 Å². The monoisotopic (exact) mass is 348 g/mol. The number of rotatable bonds is 8. The van der Waals surface area contributed by atoms with Crippen molar-refractivity contribution in [1.82, 2.24) is 5.32 Å². The lowest BCUT2D eigenvalue weighted by Gasteiger charge is -2.17. The SMILES string of the molecule is NC(=O)C(NC(=O)CCCOc1ccc2c(c1)CCC(=O)N2)C(N)=O. The number of carbonyl (C=O) groups excluding carboxylic acids is 4. The first-order valence-electron chi connectivity index (χ1n) is 7.80. The molecule has 25 heavy (non-hydrogen) atoms. The molecule has 1 aromatic rings. The van der Waals surface area contributed by atoms with Crippen molar-refractivity contribution in [1.29, 1.82) is 0 Å². The van der Waals surface area contributed by atoms with Crippen molar-refractivity contribution in [2.45, 2.75) is 31.7 Å². The molecule has 1 aliphatic heterocycles.